The summed E-state index contributed by atoms with van der Waals surface area (Å²) in [6.07, 6.45) is 6.60. The van der Waals surface area contributed by atoms with Crippen molar-refractivity contribution in [3.05, 3.63) is 35.4 Å². The van der Waals surface area contributed by atoms with Crippen LogP contribution in [-0.2, 0) is 0 Å². The fraction of sp³-hybridized carbons (Fsp3) is 0.273. The topological polar surface area (TPSA) is 12.0 Å². The van der Waals surface area contributed by atoms with E-state index in [4.69, 9.17) is 6.42 Å². The molecule has 0 amide bonds. The van der Waals surface area contributed by atoms with Gasteiger partial charge in [-0.05, 0) is 24.6 Å². The van der Waals surface area contributed by atoms with E-state index in [-0.39, 0.29) is 0 Å². The standard InChI is InChI=1S/C11H11N/c1-2-9-5-3-4-6-10(9)11-7-8-12-11/h1,3-6,11-12H,7-8H2. The van der Waals surface area contributed by atoms with Gasteiger partial charge in [-0.3, -0.25) is 0 Å². The fourth-order valence-corrected chi connectivity index (χ4v) is 1.49. The lowest BCUT2D eigenvalue weighted by Crippen LogP contribution is -2.35. The molecule has 1 fully saturated rings. The zero-order valence-corrected chi connectivity index (χ0v) is 6.88. The normalized spacial score (nSPS) is 21.1. The maximum Gasteiger partial charge on any atom is 0.0344 e. The van der Waals surface area contributed by atoms with E-state index in [1.165, 1.54) is 12.0 Å². The zero-order chi connectivity index (χ0) is 8.39. The van der Waals surface area contributed by atoms with E-state index in [0.29, 0.717) is 6.04 Å². The number of rotatable bonds is 1. The van der Waals surface area contributed by atoms with Crippen LogP contribution in [0.3, 0.4) is 0 Å². The first-order valence-corrected chi connectivity index (χ1v) is 4.21. The largest absolute Gasteiger partial charge is 0.310 e. The summed E-state index contributed by atoms with van der Waals surface area (Å²) in [6.45, 7) is 1.11. The molecule has 1 nitrogen and oxygen atoms in total. The maximum atomic E-state index is 5.39. The highest BCUT2D eigenvalue weighted by Crippen LogP contribution is 2.25. The molecule has 12 heavy (non-hydrogen) atoms. The van der Waals surface area contributed by atoms with Crippen LogP contribution in [0.4, 0.5) is 0 Å². The van der Waals surface area contributed by atoms with Crippen LogP contribution < -0.4 is 5.32 Å². The maximum absolute atomic E-state index is 5.39. The van der Waals surface area contributed by atoms with Crippen molar-refractivity contribution in [3.8, 4) is 12.3 Å². The van der Waals surface area contributed by atoms with Crippen LogP contribution in [-0.4, -0.2) is 6.54 Å². The van der Waals surface area contributed by atoms with Crippen LogP contribution in [0.1, 0.15) is 23.6 Å². The van der Waals surface area contributed by atoms with E-state index in [1.54, 1.807) is 0 Å². The number of hydrogen-bond donors (Lipinski definition) is 1. The van der Waals surface area contributed by atoms with Crippen molar-refractivity contribution in [1.29, 1.82) is 0 Å². The van der Waals surface area contributed by atoms with Crippen LogP contribution in [0, 0.1) is 12.3 Å². The number of benzene rings is 1. The van der Waals surface area contributed by atoms with Crippen LogP contribution in [0.25, 0.3) is 0 Å². The molecule has 1 atom stereocenters. The first kappa shape index (κ1) is 7.39. The molecule has 60 valence electrons. The highest BCUT2D eigenvalue weighted by molar-refractivity contribution is 5.42. The molecule has 0 spiro atoms. The minimum absolute atomic E-state index is 0.497. The van der Waals surface area contributed by atoms with Gasteiger partial charge in [0, 0.05) is 11.6 Å². The number of hydrogen-bond acceptors (Lipinski definition) is 1. The van der Waals surface area contributed by atoms with Crippen molar-refractivity contribution in [2.24, 2.45) is 0 Å². The molecule has 1 N–H and O–H groups in total. The van der Waals surface area contributed by atoms with Gasteiger partial charge in [-0.2, -0.15) is 0 Å². The highest BCUT2D eigenvalue weighted by Gasteiger charge is 2.19. The fourth-order valence-electron chi connectivity index (χ4n) is 1.49. The Labute approximate surface area is 72.8 Å². The van der Waals surface area contributed by atoms with Crippen LogP contribution in [0.5, 0.6) is 0 Å². The van der Waals surface area contributed by atoms with E-state index >= 15 is 0 Å². The molecule has 0 saturated carbocycles. The first-order valence-electron chi connectivity index (χ1n) is 4.21. The molecule has 0 aliphatic carbocycles. The zero-order valence-electron chi connectivity index (χ0n) is 6.88. The summed E-state index contributed by atoms with van der Waals surface area (Å²) < 4.78 is 0. The van der Waals surface area contributed by atoms with Gasteiger partial charge in [0.05, 0.1) is 0 Å². The number of nitrogens with one attached hydrogen (secondary N) is 1. The third-order valence-electron chi connectivity index (χ3n) is 2.32. The Bertz CT molecular complexity index is 318. The van der Waals surface area contributed by atoms with E-state index in [1.807, 2.05) is 18.2 Å². The van der Waals surface area contributed by atoms with Crippen molar-refractivity contribution in [2.75, 3.05) is 6.54 Å². The van der Waals surface area contributed by atoms with Crippen LogP contribution in [0.2, 0.25) is 0 Å². The molecule has 1 aliphatic heterocycles. The molecule has 1 saturated heterocycles. The van der Waals surface area contributed by atoms with Crippen molar-refractivity contribution in [1.82, 2.24) is 5.32 Å². The monoisotopic (exact) mass is 157 g/mol. The number of terminal acetylenes is 1. The summed E-state index contributed by atoms with van der Waals surface area (Å²) in [6, 6.07) is 8.62. The lowest BCUT2D eigenvalue weighted by Gasteiger charge is -2.28. The Balaban J connectivity index is 2.35. The summed E-state index contributed by atoms with van der Waals surface area (Å²) in [5, 5.41) is 3.34. The van der Waals surface area contributed by atoms with Crippen molar-refractivity contribution in [3.63, 3.8) is 0 Å². The second-order valence-electron chi connectivity index (χ2n) is 3.03. The van der Waals surface area contributed by atoms with E-state index in [9.17, 15) is 0 Å². The molecule has 0 bridgehead atoms. The quantitative estimate of drug-likeness (QED) is 0.612. The molecule has 1 unspecified atom stereocenters. The van der Waals surface area contributed by atoms with E-state index in [2.05, 4.69) is 17.3 Å². The lowest BCUT2D eigenvalue weighted by atomic mass is 9.94. The van der Waals surface area contributed by atoms with Gasteiger partial charge in [0.1, 0.15) is 0 Å². The molecule has 0 aromatic heterocycles. The van der Waals surface area contributed by atoms with Gasteiger partial charge in [0.25, 0.3) is 0 Å². The van der Waals surface area contributed by atoms with Gasteiger partial charge < -0.3 is 5.32 Å². The third kappa shape index (κ3) is 1.11. The average Bonchev–Trinajstić information content (AvgIpc) is 2.02. The molecule has 1 heterocycles. The Morgan fingerprint density at radius 2 is 2.17 bits per heavy atom. The minimum Gasteiger partial charge on any atom is -0.310 e. The molecular formula is C11H11N. The van der Waals surface area contributed by atoms with Gasteiger partial charge in [-0.1, -0.05) is 24.1 Å². The van der Waals surface area contributed by atoms with Crippen molar-refractivity contribution < 1.29 is 0 Å². The summed E-state index contributed by atoms with van der Waals surface area (Å²) in [5.74, 6) is 2.70. The van der Waals surface area contributed by atoms with E-state index in [0.717, 1.165) is 12.1 Å². The second kappa shape index (κ2) is 3.00. The SMILES string of the molecule is C#Cc1ccccc1C1CCN1. The average molecular weight is 157 g/mol. The van der Waals surface area contributed by atoms with Crippen LogP contribution >= 0.6 is 0 Å². The molecular weight excluding hydrogens is 146 g/mol. The predicted molar refractivity (Wildman–Crippen MR) is 49.7 cm³/mol. The van der Waals surface area contributed by atoms with Crippen LogP contribution in [0.15, 0.2) is 24.3 Å². The summed E-state index contributed by atoms with van der Waals surface area (Å²) in [5.41, 5.74) is 2.29. The molecule has 2 rings (SSSR count). The minimum atomic E-state index is 0.497. The van der Waals surface area contributed by atoms with Gasteiger partial charge >= 0.3 is 0 Å². The summed E-state index contributed by atoms with van der Waals surface area (Å²) in [7, 11) is 0. The third-order valence-corrected chi connectivity index (χ3v) is 2.32. The first-order chi connectivity index (χ1) is 5.92. The molecule has 1 aromatic rings. The van der Waals surface area contributed by atoms with Crippen molar-refractivity contribution >= 4 is 0 Å². The Morgan fingerprint density at radius 3 is 2.75 bits per heavy atom. The Hall–Kier alpha value is -1.26. The van der Waals surface area contributed by atoms with Gasteiger partial charge in [-0.15, -0.1) is 6.42 Å². The van der Waals surface area contributed by atoms with Gasteiger partial charge in [-0.25, -0.2) is 0 Å². The summed E-state index contributed by atoms with van der Waals surface area (Å²) >= 11 is 0. The second-order valence-corrected chi connectivity index (χ2v) is 3.03. The summed E-state index contributed by atoms with van der Waals surface area (Å²) in [4.78, 5) is 0. The molecule has 1 aliphatic rings. The lowest BCUT2D eigenvalue weighted by molar-refractivity contribution is 0.383. The van der Waals surface area contributed by atoms with Gasteiger partial charge in [0.15, 0.2) is 0 Å². The van der Waals surface area contributed by atoms with E-state index < -0.39 is 0 Å². The molecule has 0 radical (unpaired) electrons. The molecule has 1 heteroatoms. The molecule has 1 aromatic carbocycles. The predicted octanol–water partition coefficient (Wildman–Crippen LogP) is 1.70. The Morgan fingerprint density at radius 1 is 1.42 bits per heavy atom. The highest BCUT2D eigenvalue weighted by atomic mass is 15.0. The Kier molecular flexibility index (Phi) is 1.85. The van der Waals surface area contributed by atoms with Crippen molar-refractivity contribution in [2.45, 2.75) is 12.5 Å². The van der Waals surface area contributed by atoms with Gasteiger partial charge in [0.2, 0.25) is 0 Å². The smallest absolute Gasteiger partial charge is 0.0344 e.